The molecule has 1 rings (SSSR count). The predicted octanol–water partition coefficient (Wildman–Crippen LogP) is 4.67. The molecule has 0 bridgehead atoms. The van der Waals surface area contributed by atoms with Gasteiger partial charge in [0.15, 0.2) is 14.6 Å². The van der Waals surface area contributed by atoms with E-state index in [-0.39, 0.29) is 12.4 Å². The van der Waals surface area contributed by atoms with E-state index in [0.29, 0.717) is 26.2 Å². The summed E-state index contributed by atoms with van der Waals surface area (Å²) in [4.78, 5) is 0. The lowest BCUT2D eigenvalue weighted by atomic mass is 10.3. The molecular formula is C18H38O5Si. The molecule has 0 aromatic rings. The topological polar surface area (TPSA) is 46.2 Å². The van der Waals surface area contributed by atoms with E-state index in [4.69, 9.17) is 23.4 Å². The summed E-state index contributed by atoms with van der Waals surface area (Å²) in [5, 5.41) is 0. The van der Waals surface area contributed by atoms with Gasteiger partial charge in [-0.05, 0) is 37.9 Å². The van der Waals surface area contributed by atoms with E-state index >= 15 is 0 Å². The number of hydrogen-bond acceptors (Lipinski definition) is 5. The van der Waals surface area contributed by atoms with Crippen molar-refractivity contribution in [3.05, 3.63) is 0 Å². The van der Waals surface area contributed by atoms with Crippen LogP contribution in [0.1, 0.15) is 60.3 Å². The molecule has 2 atom stereocenters. The van der Waals surface area contributed by atoms with Crippen LogP contribution in [0.2, 0.25) is 18.6 Å². The Bertz CT molecular complexity index is 329. The lowest BCUT2D eigenvalue weighted by Gasteiger charge is -2.39. The van der Waals surface area contributed by atoms with Gasteiger partial charge in [0.1, 0.15) is 0 Å². The van der Waals surface area contributed by atoms with Gasteiger partial charge in [-0.2, -0.15) is 0 Å². The molecule has 0 aliphatic carbocycles. The molecule has 5 nitrogen and oxygen atoms in total. The minimum Gasteiger partial charge on any atom is -0.414 e. The third-order valence-electron chi connectivity index (χ3n) is 4.92. The number of ether oxygens (including phenoxy) is 4. The minimum atomic E-state index is -1.57. The fourth-order valence-corrected chi connectivity index (χ4v) is 4.03. The van der Waals surface area contributed by atoms with E-state index in [9.17, 15) is 0 Å². The first-order valence-electron chi connectivity index (χ1n) is 9.71. The molecule has 0 spiro atoms. The number of rotatable bonds is 12. The zero-order chi connectivity index (χ0) is 18.1. The molecule has 1 saturated heterocycles. The van der Waals surface area contributed by atoms with Crippen LogP contribution in [0, 0.1) is 0 Å². The summed E-state index contributed by atoms with van der Waals surface area (Å²) >= 11 is 0. The molecule has 6 heteroatoms. The van der Waals surface area contributed by atoms with Crippen molar-refractivity contribution in [3.63, 3.8) is 0 Å². The zero-order valence-corrected chi connectivity index (χ0v) is 17.6. The van der Waals surface area contributed by atoms with Crippen molar-refractivity contribution in [1.29, 1.82) is 0 Å². The Morgan fingerprint density at radius 2 is 1.62 bits per heavy atom. The lowest BCUT2D eigenvalue weighted by molar-refractivity contribution is -0.437. The van der Waals surface area contributed by atoms with Gasteiger partial charge in [0, 0.05) is 6.42 Å². The van der Waals surface area contributed by atoms with Gasteiger partial charge in [-0.1, -0.05) is 34.6 Å². The summed E-state index contributed by atoms with van der Waals surface area (Å²) in [5.74, 6) is -0.950. The van der Waals surface area contributed by atoms with Crippen molar-refractivity contribution in [2.45, 2.75) is 97.3 Å². The van der Waals surface area contributed by atoms with Gasteiger partial charge in [-0.25, -0.2) is 0 Å². The van der Waals surface area contributed by atoms with Crippen molar-refractivity contribution in [1.82, 2.24) is 0 Å². The molecule has 24 heavy (non-hydrogen) atoms. The second-order valence-corrected chi connectivity index (χ2v) is 11.3. The second-order valence-electron chi connectivity index (χ2n) is 6.68. The van der Waals surface area contributed by atoms with Crippen LogP contribution in [0.25, 0.3) is 0 Å². The van der Waals surface area contributed by atoms with Crippen LogP contribution < -0.4 is 0 Å². The second kappa shape index (κ2) is 10.9. The first kappa shape index (κ1) is 22.1. The van der Waals surface area contributed by atoms with Crippen molar-refractivity contribution < 1.29 is 23.4 Å². The summed E-state index contributed by atoms with van der Waals surface area (Å²) < 4.78 is 30.0. The van der Waals surface area contributed by atoms with Gasteiger partial charge in [-0.3, -0.25) is 4.74 Å². The predicted molar refractivity (Wildman–Crippen MR) is 98.4 cm³/mol. The zero-order valence-electron chi connectivity index (χ0n) is 16.6. The van der Waals surface area contributed by atoms with Crippen molar-refractivity contribution in [3.8, 4) is 0 Å². The largest absolute Gasteiger partial charge is 0.414 e. The van der Waals surface area contributed by atoms with E-state index in [0.717, 1.165) is 31.4 Å². The highest BCUT2D eigenvalue weighted by atomic mass is 28.4. The molecular weight excluding hydrogens is 324 g/mol. The Morgan fingerprint density at radius 3 is 2.08 bits per heavy atom. The highest BCUT2D eigenvalue weighted by molar-refractivity contribution is 6.72. The molecule has 1 fully saturated rings. The molecule has 0 N–H and O–H groups in total. The van der Waals surface area contributed by atoms with Gasteiger partial charge < -0.3 is 18.6 Å². The molecule has 0 saturated carbocycles. The molecule has 0 radical (unpaired) electrons. The highest BCUT2D eigenvalue weighted by Gasteiger charge is 2.37. The first-order chi connectivity index (χ1) is 11.5. The Balaban J connectivity index is 2.57. The Kier molecular flexibility index (Phi) is 10.0. The molecule has 1 aliphatic rings. The summed E-state index contributed by atoms with van der Waals surface area (Å²) in [6, 6.07) is 2.27. The van der Waals surface area contributed by atoms with Crippen LogP contribution >= 0.6 is 0 Å². The maximum atomic E-state index is 6.26. The van der Waals surface area contributed by atoms with Crippen molar-refractivity contribution >= 4 is 8.32 Å². The minimum absolute atomic E-state index is 0.0392. The molecule has 0 amide bonds. The summed E-state index contributed by atoms with van der Waals surface area (Å²) in [6.07, 6.45) is 2.91. The molecule has 0 aromatic heterocycles. The van der Waals surface area contributed by atoms with Gasteiger partial charge in [-0.15, -0.1) is 0 Å². The first-order valence-corrected chi connectivity index (χ1v) is 12.5. The third kappa shape index (κ3) is 6.73. The smallest absolute Gasteiger partial charge is 0.284 e. The third-order valence-corrected chi connectivity index (χ3v) is 8.78. The summed E-state index contributed by atoms with van der Waals surface area (Å²) in [7, 11) is -1.57. The average Bonchev–Trinajstić information content (AvgIpc) is 2.64. The molecule has 1 heterocycles. The van der Waals surface area contributed by atoms with Crippen molar-refractivity contribution in [2.24, 2.45) is 0 Å². The molecule has 2 unspecified atom stereocenters. The Morgan fingerprint density at radius 1 is 1.00 bits per heavy atom. The van der Waals surface area contributed by atoms with E-state index in [1.54, 1.807) is 0 Å². The van der Waals surface area contributed by atoms with Crippen LogP contribution in [-0.4, -0.2) is 46.5 Å². The maximum absolute atomic E-state index is 6.26. The Labute approximate surface area is 149 Å². The molecule has 144 valence electrons. The van der Waals surface area contributed by atoms with Crippen LogP contribution in [0.3, 0.4) is 0 Å². The van der Waals surface area contributed by atoms with E-state index in [1.165, 1.54) is 0 Å². The average molecular weight is 363 g/mol. The van der Waals surface area contributed by atoms with E-state index < -0.39 is 14.3 Å². The fourth-order valence-electron chi connectivity index (χ4n) is 2.54. The van der Waals surface area contributed by atoms with Crippen LogP contribution in [0.5, 0.6) is 0 Å². The summed E-state index contributed by atoms with van der Waals surface area (Å²) in [6.45, 7) is 14.9. The molecule has 0 aromatic carbocycles. The monoisotopic (exact) mass is 362 g/mol. The van der Waals surface area contributed by atoms with Gasteiger partial charge in [0.2, 0.25) is 0 Å². The van der Waals surface area contributed by atoms with Crippen LogP contribution in [0.4, 0.5) is 0 Å². The lowest BCUT2D eigenvalue weighted by Crippen LogP contribution is -2.46. The normalized spacial score (nSPS) is 20.8. The standard InChI is InChI=1S/C18H38O5Si/c1-7-16(15-21-24(6,10-4)11-5)22-17(8-2)23-18(9-3)19-13-12-14-20-18/h16-17H,7-15H2,1-6H3. The van der Waals surface area contributed by atoms with Crippen LogP contribution in [-0.2, 0) is 23.4 Å². The van der Waals surface area contributed by atoms with E-state index in [2.05, 4.69) is 34.2 Å². The fraction of sp³-hybridized carbons (Fsp3) is 1.00. The molecule has 1 aliphatic heterocycles. The number of hydrogen-bond donors (Lipinski definition) is 0. The van der Waals surface area contributed by atoms with Crippen LogP contribution in [0.15, 0.2) is 0 Å². The summed E-state index contributed by atoms with van der Waals surface area (Å²) in [5.41, 5.74) is 0. The van der Waals surface area contributed by atoms with Gasteiger partial charge in [0.05, 0.1) is 25.9 Å². The SMILES string of the molecule is CCC(CO[Si](C)(CC)CC)OC(CC)OC1(CC)OCCCO1. The Hall–Kier alpha value is 0.0169. The van der Waals surface area contributed by atoms with Crippen molar-refractivity contribution in [2.75, 3.05) is 19.8 Å². The highest BCUT2D eigenvalue weighted by Crippen LogP contribution is 2.28. The van der Waals surface area contributed by atoms with E-state index in [1.807, 2.05) is 6.92 Å². The quantitative estimate of drug-likeness (QED) is 0.373. The van der Waals surface area contributed by atoms with Gasteiger partial charge in [0.25, 0.3) is 5.97 Å². The maximum Gasteiger partial charge on any atom is 0.284 e. The van der Waals surface area contributed by atoms with Gasteiger partial charge >= 0.3 is 0 Å².